The van der Waals surface area contributed by atoms with Crippen molar-refractivity contribution in [3.8, 4) is 0 Å². The molecule has 5 heteroatoms. The lowest BCUT2D eigenvalue weighted by atomic mass is 9.62. The first kappa shape index (κ1) is 8.89. The van der Waals surface area contributed by atoms with E-state index < -0.39 is 30.0 Å². The summed E-state index contributed by atoms with van der Waals surface area (Å²) >= 11 is 0. The minimum Gasteiger partial charge on any atom is -0.393 e. The first-order chi connectivity index (χ1) is 4.88. The van der Waals surface area contributed by atoms with Crippen LogP contribution in [0, 0.1) is 0 Å². The number of hydrogen-bond donors (Lipinski definition) is 5. The quantitative estimate of drug-likeness (QED) is 0.288. The normalized spacial score (nSPS) is 57.3. The molecule has 11 heavy (non-hydrogen) atoms. The number of rotatable bonds is 1. The lowest BCUT2D eigenvalue weighted by Crippen LogP contribution is -2.82. The highest BCUT2D eigenvalue weighted by molar-refractivity contribution is 5.19. The summed E-state index contributed by atoms with van der Waals surface area (Å²) in [5, 5.41) is 45.0. The highest BCUT2D eigenvalue weighted by Crippen LogP contribution is 2.42. The van der Waals surface area contributed by atoms with E-state index in [1.165, 1.54) is 0 Å². The van der Waals surface area contributed by atoms with E-state index in [4.69, 9.17) is 15.3 Å². The zero-order chi connectivity index (χ0) is 8.86. The fraction of sp³-hybridized carbons (Fsp3) is 1.00. The van der Waals surface area contributed by atoms with Gasteiger partial charge in [-0.25, -0.2) is 0 Å². The van der Waals surface area contributed by atoms with Gasteiger partial charge in [-0.05, 0) is 6.92 Å². The largest absolute Gasteiger partial charge is 0.393 e. The molecule has 0 amide bonds. The molecular formula is C6H12O5. The molecule has 1 saturated carbocycles. The topological polar surface area (TPSA) is 101 Å². The predicted octanol–water partition coefficient (Wildman–Crippen LogP) is -2.80. The van der Waals surface area contributed by atoms with Crippen molar-refractivity contribution in [1.29, 1.82) is 0 Å². The van der Waals surface area contributed by atoms with Crippen LogP contribution in [0.15, 0.2) is 0 Å². The summed E-state index contributed by atoms with van der Waals surface area (Å²) in [6.45, 7) is 0.374. The molecule has 0 aromatic carbocycles. The average molecular weight is 164 g/mol. The van der Waals surface area contributed by atoms with Crippen LogP contribution in [0.5, 0.6) is 0 Å². The van der Waals surface area contributed by atoms with Gasteiger partial charge >= 0.3 is 0 Å². The summed E-state index contributed by atoms with van der Waals surface area (Å²) in [4.78, 5) is 0. The van der Waals surface area contributed by atoms with Crippen LogP contribution in [0.3, 0.4) is 0 Å². The van der Waals surface area contributed by atoms with Crippen molar-refractivity contribution < 1.29 is 25.5 Å². The molecule has 1 fully saturated rings. The highest BCUT2D eigenvalue weighted by Gasteiger charge is 2.68. The van der Waals surface area contributed by atoms with Crippen LogP contribution in [0.25, 0.3) is 0 Å². The van der Waals surface area contributed by atoms with E-state index >= 15 is 0 Å². The molecule has 0 aromatic rings. The van der Waals surface area contributed by atoms with E-state index in [0.29, 0.717) is 0 Å². The van der Waals surface area contributed by atoms with E-state index in [1.54, 1.807) is 0 Å². The predicted molar refractivity (Wildman–Crippen MR) is 34.7 cm³/mol. The first-order valence-electron chi connectivity index (χ1n) is 3.29. The van der Waals surface area contributed by atoms with Gasteiger partial charge in [0.25, 0.3) is 0 Å². The Morgan fingerprint density at radius 2 is 1.64 bits per heavy atom. The van der Waals surface area contributed by atoms with Gasteiger partial charge in [0.05, 0.1) is 6.61 Å². The second-order valence-corrected chi connectivity index (χ2v) is 3.12. The van der Waals surface area contributed by atoms with Gasteiger partial charge in [0, 0.05) is 0 Å². The molecule has 0 aliphatic heterocycles. The molecule has 0 spiro atoms. The minimum atomic E-state index is -1.99. The van der Waals surface area contributed by atoms with Crippen LogP contribution >= 0.6 is 0 Å². The standard InChI is InChI=1S/C6H12O5/c1-5(10)3(8)4(9)6(5,11)2-7/h3-4,7-11H,2H2,1H3/t3-,4-,5-,6+/m0/s1. The van der Waals surface area contributed by atoms with Crippen molar-refractivity contribution >= 4 is 0 Å². The molecule has 66 valence electrons. The van der Waals surface area contributed by atoms with Gasteiger partial charge in [-0.15, -0.1) is 0 Å². The molecule has 1 rings (SSSR count). The zero-order valence-corrected chi connectivity index (χ0v) is 6.10. The first-order valence-corrected chi connectivity index (χ1v) is 3.29. The summed E-state index contributed by atoms with van der Waals surface area (Å²) in [5.74, 6) is 0. The van der Waals surface area contributed by atoms with Crippen LogP contribution in [-0.4, -0.2) is 55.5 Å². The average Bonchev–Trinajstić information content (AvgIpc) is 2.00. The fourth-order valence-electron chi connectivity index (χ4n) is 1.28. The summed E-state index contributed by atoms with van der Waals surface area (Å²) < 4.78 is 0. The van der Waals surface area contributed by atoms with Crippen molar-refractivity contribution in [2.75, 3.05) is 6.61 Å². The molecule has 1 aliphatic carbocycles. The van der Waals surface area contributed by atoms with Gasteiger partial charge in [-0.2, -0.15) is 0 Å². The van der Waals surface area contributed by atoms with Crippen LogP contribution < -0.4 is 0 Å². The molecule has 0 radical (unpaired) electrons. The number of hydrogen-bond acceptors (Lipinski definition) is 5. The maximum atomic E-state index is 9.28. The van der Waals surface area contributed by atoms with Crippen LogP contribution in [-0.2, 0) is 0 Å². The maximum Gasteiger partial charge on any atom is 0.147 e. The third-order valence-corrected chi connectivity index (χ3v) is 2.48. The molecule has 0 unspecified atom stereocenters. The highest BCUT2D eigenvalue weighted by atomic mass is 16.5. The Labute approximate surface area is 63.5 Å². The molecule has 0 saturated heterocycles. The third-order valence-electron chi connectivity index (χ3n) is 2.48. The van der Waals surface area contributed by atoms with E-state index in [9.17, 15) is 10.2 Å². The summed E-state index contributed by atoms with van der Waals surface area (Å²) in [6.07, 6.45) is -2.89. The lowest BCUT2D eigenvalue weighted by Gasteiger charge is -2.56. The van der Waals surface area contributed by atoms with Gasteiger partial charge in [-0.3, -0.25) is 0 Å². The molecule has 5 nitrogen and oxygen atoms in total. The molecule has 1 aliphatic rings. The molecule has 0 aromatic heterocycles. The Morgan fingerprint density at radius 3 is 1.82 bits per heavy atom. The maximum absolute atomic E-state index is 9.28. The van der Waals surface area contributed by atoms with Crippen molar-refractivity contribution in [3.05, 3.63) is 0 Å². The smallest absolute Gasteiger partial charge is 0.147 e. The Morgan fingerprint density at radius 1 is 1.18 bits per heavy atom. The zero-order valence-electron chi connectivity index (χ0n) is 6.10. The Bertz CT molecular complexity index is 168. The Kier molecular flexibility index (Phi) is 1.74. The number of aliphatic hydroxyl groups is 5. The second-order valence-electron chi connectivity index (χ2n) is 3.12. The van der Waals surface area contributed by atoms with Crippen molar-refractivity contribution in [1.82, 2.24) is 0 Å². The van der Waals surface area contributed by atoms with Gasteiger partial charge < -0.3 is 25.5 Å². The molecular weight excluding hydrogens is 152 g/mol. The second kappa shape index (κ2) is 2.15. The van der Waals surface area contributed by atoms with Crippen LogP contribution in [0.4, 0.5) is 0 Å². The number of aliphatic hydroxyl groups excluding tert-OH is 3. The minimum absolute atomic E-state index is 0.780. The van der Waals surface area contributed by atoms with E-state index in [0.717, 1.165) is 6.92 Å². The van der Waals surface area contributed by atoms with Crippen LogP contribution in [0.1, 0.15) is 6.92 Å². The molecule has 0 bridgehead atoms. The fourth-order valence-corrected chi connectivity index (χ4v) is 1.28. The summed E-state index contributed by atoms with van der Waals surface area (Å²) in [7, 11) is 0. The Hall–Kier alpha value is -0.200. The Balaban J connectivity index is 2.84. The summed E-state index contributed by atoms with van der Waals surface area (Å²) in [5.41, 5.74) is -3.83. The third kappa shape index (κ3) is 0.771. The molecule has 4 atom stereocenters. The van der Waals surface area contributed by atoms with Crippen molar-refractivity contribution in [3.63, 3.8) is 0 Å². The van der Waals surface area contributed by atoms with E-state index in [1.807, 2.05) is 0 Å². The SMILES string of the molecule is C[C@]1(O)[C@@H](O)[C@H](O)[C@]1(O)CO. The van der Waals surface area contributed by atoms with Crippen molar-refractivity contribution in [2.45, 2.75) is 30.3 Å². The molecule has 5 N–H and O–H groups in total. The van der Waals surface area contributed by atoms with Gasteiger partial charge in [0.1, 0.15) is 23.4 Å². The van der Waals surface area contributed by atoms with Crippen molar-refractivity contribution in [2.24, 2.45) is 0 Å². The van der Waals surface area contributed by atoms with Gasteiger partial charge in [0.2, 0.25) is 0 Å². The van der Waals surface area contributed by atoms with E-state index in [-0.39, 0.29) is 0 Å². The monoisotopic (exact) mass is 164 g/mol. The van der Waals surface area contributed by atoms with Crippen LogP contribution in [0.2, 0.25) is 0 Å². The van der Waals surface area contributed by atoms with Gasteiger partial charge in [0.15, 0.2) is 0 Å². The summed E-state index contributed by atoms with van der Waals surface area (Å²) in [6, 6.07) is 0. The molecule has 0 heterocycles. The lowest BCUT2D eigenvalue weighted by molar-refractivity contribution is -0.343. The van der Waals surface area contributed by atoms with E-state index in [2.05, 4.69) is 0 Å². The van der Waals surface area contributed by atoms with Gasteiger partial charge in [-0.1, -0.05) is 0 Å².